The maximum Gasteiger partial charge on any atom is 0.225 e. The summed E-state index contributed by atoms with van der Waals surface area (Å²) >= 11 is 18.9. The molecule has 1 aromatic carbocycles. The summed E-state index contributed by atoms with van der Waals surface area (Å²) in [4.78, 5) is 25.5. The Labute approximate surface area is 212 Å². The number of hydrogen-bond acceptors (Lipinski definition) is 7. The molecule has 3 aromatic rings. The molecule has 0 radical (unpaired) electrons. The van der Waals surface area contributed by atoms with Gasteiger partial charge in [0.05, 0.1) is 34.6 Å². The quantitative estimate of drug-likeness (QED) is 0.327. The number of carbonyl (C=O) groups is 1. The second kappa shape index (κ2) is 10.5. The fourth-order valence-corrected chi connectivity index (χ4v) is 5.16. The van der Waals surface area contributed by atoms with Gasteiger partial charge in [-0.25, -0.2) is 9.97 Å². The highest BCUT2D eigenvalue weighted by atomic mass is 35.5. The number of imidazole rings is 1. The average molecular weight is 527 g/mol. The molecule has 0 spiro atoms. The molecule has 5 N–H and O–H groups in total. The molecular formula is C22H26Cl3N7O2. The van der Waals surface area contributed by atoms with E-state index in [4.69, 9.17) is 50.5 Å². The smallest absolute Gasteiger partial charge is 0.225 e. The standard InChI is InChI=1S/C22H26Cl3N7O2/c1-2-13(10-33)28-21-27-9-17-20(31-21)32(14-5-3-11(4-6-14)19(26)34)22(29-17)30-18-15(24)7-12(23)8-16(18)25/h7-9,11,13-14,33H,2-6,10H2,1H3,(H2,26,34)(H,29,30)(H,27,28,31)/t11?,13-,14?/m1/s1. The van der Waals surface area contributed by atoms with Gasteiger partial charge in [-0.3, -0.25) is 9.36 Å². The van der Waals surface area contributed by atoms with Crippen molar-refractivity contribution in [3.63, 3.8) is 0 Å². The van der Waals surface area contributed by atoms with Gasteiger partial charge in [-0.1, -0.05) is 41.7 Å². The van der Waals surface area contributed by atoms with Crippen molar-refractivity contribution in [1.29, 1.82) is 0 Å². The number of amides is 1. The molecule has 0 unspecified atom stereocenters. The molecule has 34 heavy (non-hydrogen) atoms. The Balaban J connectivity index is 1.76. The SMILES string of the molecule is CC[C@H](CO)Nc1ncc2nc(Nc3c(Cl)cc(Cl)cc3Cl)n(C3CCC(C(N)=O)CC3)c2n1. The molecule has 1 atom stereocenters. The maximum atomic E-state index is 11.7. The second-order valence-electron chi connectivity index (χ2n) is 8.42. The van der Waals surface area contributed by atoms with E-state index in [9.17, 15) is 9.90 Å². The maximum absolute atomic E-state index is 11.7. The highest BCUT2D eigenvalue weighted by Crippen LogP contribution is 2.40. The van der Waals surface area contributed by atoms with Gasteiger partial charge in [0.15, 0.2) is 5.65 Å². The number of rotatable bonds is 8. The number of primary amides is 1. The molecule has 1 aliphatic rings. The van der Waals surface area contributed by atoms with E-state index in [2.05, 4.69) is 15.6 Å². The van der Waals surface area contributed by atoms with Crippen LogP contribution < -0.4 is 16.4 Å². The number of carbonyl (C=O) groups excluding carboxylic acids is 1. The molecule has 4 rings (SSSR count). The molecule has 0 bridgehead atoms. The molecule has 1 saturated carbocycles. The molecule has 2 heterocycles. The number of halogens is 3. The van der Waals surface area contributed by atoms with Crippen LogP contribution in [0.1, 0.15) is 45.1 Å². The van der Waals surface area contributed by atoms with Crippen molar-refractivity contribution < 1.29 is 9.90 Å². The zero-order valence-electron chi connectivity index (χ0n) is 18.6. The van der Waals surface area contributed by atoms with Crippen molar-refractivity contribution in [1.82, 2.24) is 19.5 Å². The van der Waals surface area contributed by atoms with Crippen LogP contribution in [0.3, 0.4) is 0 Å². The van der Waals surface area contributed by atoms with E-state index in [0.717, 1.165) is 12.8 Å². The van der Waals surface area contributed by atoms with E-state index in [1.807, 2.05) is 11.5 Å². The Morgan fingerprint density at radius 3 is 2.47 bits per heavy atom. The molecule has 1 fully saturated rings. The number of nitrogens with zero attached hydrogens (tertiary/aromatic N) is 4. The van der Waals surface area contributed by atoms with Crippen LogP contribution >= 0.6 is 34.8 Å². The summed E-state index contributed by atoms with van der Waals surface area (Å²) in [6, 6.07) is 3.06. The van der Waals surface area contributed by atoms with E-state index >= 15 is 0 Å². The number of aliphatic hydroxyl groups is 1. The minimum atomic E-state index is -0.268. The van der Waals surface area contributed by atoms with Gasteiger partial charge >= 0.3 is 0 Å². The Bertz CT molecular complexity index is 1170. The molecule has 1 amide bonds. The predicted octanol–water partition coefficient (Wildman–Crippen LogP) is 4.93. The molecular weight excluding hydrogens is 501 g/mol. The van der Waals surface area contributed by atoms with Crippen LogP contribution in [0.5, 0.6) is 0 Å². The Hall–Kier alpha value is -2.33. The van der Waals surface area contributed by atoms with Gasteiger partial charge < -0.3 is 21.5 Å². The average Bonchev–Trinajstić information content (AvgIpc) is 3.17. The summed E-state index contributed by atoms with van der Waals surface area (Å²) in [6.07, 6.45) is 5.18. The number of hydrogen-bond donors (Lipinski definition) is 4. The third-order valence-electron chi connectivity index (χ3n) is 6.19. The first-order valence-electron chi connectivity index (χ1n) is 11.1. The van der Waals surface area contributed by atoms with Crippen molar-refractivity contribution in [2.75, 3.05) is 17.2 Å². The van der Waals surface area contributed by atoms with Gasteiger partial charge in [-0.2, -0.15) is 4.98 Å². The number of aromatic nitrogens is 4. The predicted molar refractivity (Wildman–Crippen MR) is 135 cm³/mol. The zero-order chi connectivity index (χ0) is 24.4. The van der Waals surface area contributed by atoms with Crippen molar-refractivity contribution in [3.8, 4) is 0 Å². The first-order chi connectivity index (χ1) is 16.3. The van der Waals surface area contributed by atoms with Crippen LogP contribution in [0.4, 0.5) is 17.6 Å². The van der Waals surface area contributed by atoms with E-state index < -0.39 is 0 Å². The number of nitrogens with two attached hydrogens (primary N) is 1. The first kappa shape index (κ1) is 24.8. The lowest BCUT2D eigenvalue weighted by Gasteiger charge is -2.29. The summed E-state index contributed by atoms with van der Waals surface area (Å²) < 4.78 is 2.00. The molecule has 12 heteroatoms. The molecule has 1 aliphatic carbocycles. The van der Waals surface area contributed by atoms with Gasteiger partial charge in [-0.15, -0.1) is 0 Å². The van der Waals surface area contributed by atoms with Crippen molar-refractivity contribution >= 4 is 69.5 Å². The second-order valence-corrected chi connectivity index (χ2v) is 9.67. The summed E-state index contributed by atoms with van der Waals surface area (Å²) in [7, 11) is 0. The minimum Gasteiger partial charge on any atom is -0.394 e. The van der Waals surface area contributed by atoms with Crippen LogP contribution in [0.2, 0.25) is 15.1 Å². The molecule has 182 valence electrons. The summed E-state index contributed by atoms with van der Waals surface area (Å²) in [5.74, 6) is 0.499. The normalized spacial score (nSPS) is 19.2. The number of benzene rings is 1. The largest absolute Gasteiger partial charge is 0.394 e. The highest BCUT2D eigenvalue weighted by molar-refractivity contribution is 6.41. The highest BCUT2D eigenvalue weighted by Gasteiger charge is 2.29. The van der Waals surface area contributed by atoms with Gasteiger partial charge in [-0.05, 0) is 44.2 Å². The Morgan fingerprint density at radius 1 is 1.21 bits per heavy atom. The summed E-state index contributed by atoms with van der Waals surface area (Å²) in [5, 5.41) is 17.1. The third-order valence-corrected chi connectivity index (χ3v) is 7.00. The Kier molecular flexibility index (Phi) is 7.67. The lowest BCUT2D eigenvalue weighted by molar-refractivity contribution is -0.122. The zero-order valence-corrected chi connectivity index (χ0v) is 20.8. The van der Waals surface area contributed by atoms with Crippen molar-refractivity contribution in [2.24, 2.45) is 11.7 Å². The van der Waals surface area contributed by atoms with Crippen molar-refractivity contribution in [2.45, 2.75) is 51.1 Å². The Morgan fingerprint density at radius 2 is 1.88 bits per heavy atom. The van der Waals surface area contributed by atoms with Crippen LogP contribution in [-0.2, 0) is 4.79 Å². The topological polar surface area (TPSA) is 131 Å². The number of fused-ring (bicyclic) bond motifs is 1. The number of nitrogens with one attached hydrogen (secondary N) is 2. The van der Waals surface area contributed by atoms with Crippen molar-refractivity contribution in [3.05, 3.63) is 33.4 Å². The lowest BCUT2D eigenvalue weighted by Crippen LogP contribution is -2.29. The van der Waals surface area contributed by atoms with E-state index in [1.165, 1.54) is 0 Å². The van der Waals surface area contributed by atoms with Crippen LogP contribution in [0.15, 0.2) is 18.3 Å². The van der Waals surface area contributed by atoms with Gasteiger partial charge in [0.2, 0.25) is 17.8 Å². The molecule has 2 aromatic heterocycles. The van der Waals surface area contributed by atoms with Gasteiger partial charge in [0, 0.05) is 17.0 Å². The third kappa shape index (κ3) is 5.17. The summed E-state index contributed by atoms with van der Waals surface area (Å²) in [6.45, 7) is 1.93. The van der Waals surface area contributed by atoms with E-state index in [0.29, 0.717) is 63.1 Å². The van der Waals surface area contributed by atoms with Crippen LogP contribution in [-0.4, -0.2) is 43.2 Å². The number of aliphatic hydroxyl groups excluding tert-OH is 1. The van der Waals surface area contributed by atoms with Gasteiger partial charge in [0.25, 0.3) is 0 Å². The van der Waals surface area contributed by atoms with Gasteiger partial charge in [0.1, 0.15) is 5.52 Å². The van der Waals surface area contributed by atoms with E-state index in [-0.39, 0.29) is 30.5 Å². The van der Waals surface area contributed by atoms with Crippen LogP contribution in [0, 0.1) is 5.92 Å². The fraction of sp³-hybridized carbons (Fsp3) is 0.455. The fourth-order valence-electron chi connectivity index (χ4n) is 4.25. The molecule has 0 aliphatic heterocycles. The monoisotopic (exact) mass is 525 g/mol. The summed E-state index contributed by atoms with van der Waals surface area (Å²) in [5.41, 5.74) is 7.22. The lowest BCUT2D eigenvalue weighted by atomic mass is 9.85. The minimum absolute atomic E-state index is 0.0236. The molecule has 0 saturated heterocycles. The van der Waals surface area contributed by atoms with E-state index in [1.54, 1.807) is 18.3 Å². The first-order valence-corrected chi connectivity index (χ1v) is 12.3. The van der Waals surface area contributed by atoms with Crippen LogP contribution in [0.25, 0.3) is 11.2 Å². The number of anilines is 3. The molecule has 9 nitrogen and oxygen atoms in total.